The zero-order valence-corrected chi connectivity index (χ0v) is 17.7. The Balaban J connectivity index is 1.94. The smallest absolute Gasteiger partial charge is 0.245 e. The molecule has 3 aromatic rings. The number of phenolic OH excluding ortho intramolecular Hbond substituents is 1. The second-order valence-electron chi connectivity index (χ2n) is 8.08. The van der Waals surface area contributed by atoms with Gasteiger partial charge in [-0.3, -0.25) is 4.98 Å². The molecule has 0 amide bonds. The van der Waals surface area contributed by atoms with E-state index in [4.69, 9.17) is 0 Å². The average Bonchev–Trinajstić information content (AvgIpc) is 2.68. The van der Waals surface area contributed by atoms with Crippen molar-refractivity contribution in [1.82, 2.24) is 9.29 Å². The van der Waals surface area contributed by atoms with Gasteiger partial charge >= 0.3 is 0 Å². The molecule has 0 unspecified atom stereocenters. The molecule has 0 radical (unpaired) electrons. The summed E-state index contributed by atoms with van der Waals surface area (Å²) in [6.07, 6.45) is 2.90. The molecule has 0 saturated heterocycles. The number of benzene rings is 2. The Kier molecular flexibility index (Phi) is 6.05. The van der Waals surface area contributed by atoms with Crippen molar-refractivity contribution < 1.29 is 13.5 Å². The normalized spacial score (nSPS) is 12.3. The van der Waals surface area contributed by atoms with Crippen LogP contribution >= 0.6 is 0 Å². The molecule has 0 atom stereocenters. The van der Waals surface area contributed by atoms with Gasteiger partial charge in [0.25, 0.3) is 0 Å². The van der Waals surface area contributed by atoms with Gasteiger partial charge in [0, 0.05) is 25.5 Å². The summed E-state index contributed by atoms with van der Waals surface area (Å²) < 4.78 is 28.0. The van der Waals surface area contributed by atoms with Crippen LogP contribution in [-0.4, -0.2) is 22.8 Å². The van der Waals surface area contributed by atoms with E-state index in [1.54, 1.807) is 42.6 Å². The lowest BCUT2D eigenvalue weighted by Crippen LogP contribution is -2.30. The fourth-order valence-corrected chi connectivity index (χ4v) is 4.43. The van der Waals surface area contributed by atoms with Gasteiger partial charge < -0.3 is 5.11 Å². The van der Waals surface area contributed by atoms with Gasteiger partial charge in [0.05, 0.1) is 0 Å². The Morgan fingerprint density at radius 2 is 1.62 bits per heavy atom. The van der Waals surface area contributed by atoms with Gasteiger partial charge in [-0.1, -0.05) is 57.2 Å². The summed E-state index contributed by atoms with van der Waals surface area (Å²) >= 11 is 0. The van der Waals surface area contributed by atoms with E-state index in [1.165, 1.54) is 16.1 Å². The van der Waals surface area contributed by atoms with Crippen LogP contribution in [0.4, 0.5) is 0 Å². The zero-order chi connectivity index (χ0) is 21.1. The van der Waals surface area contributed by atoms with E-state index in [0.29, 0.717) is 5.56 Å². The lowest BCUT2D eigenvalue weighted by atomic mass is 9.87. The highest BCUT2D eigenvalue weighted by atomic mass is 32.2. The van der Waals surface area contributed by atoms with Crippen LogP contribution in [0.25, 0.3) is 0 Å². The maximum atomic E-state index is 13.3. The Bertz CT molecular complexity index is 1060. The van der Waals surface area contributed by atoms with Crippen LogP contribution in [0.1, 0.15) is 37.5 Å². The molecular weight excluding hydrogens is 384 g/mol. The van der Waals surface area contributed by atoms with Crippen molar-refractivity contribution >= 4 is 10.0 Å². The van der Waals surface area contributed by atoms with E-state index in [-0.39, 0.29) is 29.1 Å². The van der Waals surface area contributed by atoms with Crippen LogP contribution in [0.2, 0.25) is 0 Å². The number of aromatic hydroxyl groups is 1. The van der Waals surface area contributed by atoms with Crippen molar-refractivity contribution in [2.24, 2.45) is 0 Å². The van der Waals surface area contributed by atoms with Crippen LogP contribution in [0.5, 0.6) is 5.75 Å². The Morgan fingerprint density at radius 1 is 0.931 bits per heavy atom. The van der Waals surface area contributed by atoms with Gasteiger partial charge in [0.1, 0.15) is 10.6 Å². The second kappa shape index (κ2) is 8.35. The second-order valence-corrected chi connectivity index (χ2v) is 10.0. The highest BCUT2D eigenvalue weighted by molar-refractivity contribution is 7.89. The molecule has 5 nitrogen and oxygen atoms in total. The van der Waals surface area contributed by atoms with Crippen molar-refractivity contribution in [3.63, 3.8) is 0 Å². The largest absolute Gasteiger partial charge is 0.508 e. The van der Waals surface area contributed by atoms with Gasteiger partial charge in [-0.2, -0.15) is 4.31 Å². The standard InChI is InChI=1S/C23H26N2O3S/c1-23(2,3)20-11-9-18(10-12-20)16-25(17-19-6-4-7-21(26)14-19)29(27,28)22-8-5-13-24-15-22/h4-15,26H,16-17H2,1-3H3. The molecule has 0 fully saturated rings. The fraction of sp³-hybridized carbons (Fsp3) is 0.261. The molecular formula is C23H26N2O3S. The van der Waals surface area contributed by atoms with E-state index < -0.39 is 10.0 Å². The van der Waals surface area contributed by atoms with E-state index in [1.807, 2.05) is 24.3 Å². The first-order chi connectivity index (χ1) is 13.7. The Morgan fingerprint density at radius 3 is 2.21 bits per heavy atom. The van der Waals surface area contributed by atoms with Crippen molar-refractivity contribution in [3.05, 3.63) is 89.7 Å². The van der Waals surface area contributed by atoms with Crippen LogP contribution in [0.15, 0.2) is 78.0 Å². The third kappa shape index (κ3) is 5.22. The molecule has 1 heterocycles. The third-order valence-electron chi connectivity index (χ3n) is 4.72. The minimum atomic E-state index is -3.76. The number of phenols is 1. The molecule has 0 aliphatic carbocycles. The number of nitrogens with zero attached hydrogens (tertiary/aromatic N) is 2. The Hall–Kier alpha value is -2.70. The number of hydrogen-bond donors (Lipinski definition) is 1. The van der Waals surface area contributed by atoms with Crippen molar-refractivity contribution in [2.75, 3.05) is 0 Å². The first kappa shape index (κ1) is 21.0. The highest BCUT2D eigenvalue weighted by Crippen LogP contribution is 2.25. The topological polar surface area (TPSA) is 70.5 Å². The minimum Gasteiger partial charge on any atom is -0.508 e. The molecule has 0 saturated carbocycles. The van der Waals surface area contributed by atoms with Crippen LogP contribution in [0, 0.1) is 0 Å². The fourth-order valence-electron chi connectivity index (χ4n) is 3.05. The maximum Gasteiger partial charge on any atom is 0.245 e. The minimum absolute atomic E-state index is 0.0293. The van der Waals surface area contributed by atoms with Crippen molar-refractivity contribution in [2.45, 2.75) is 44.2 Å². The molecule has 0 aliphatic heterocycles. The lowest BCUT2D eigenvalue weighted by Gasteiger charge is -2.23. The van der Waals surface area contributed by atoms with Gasteiger partial charge in [-0.05, 0) is 46.4 Å². The molecule has 0 spiro atoms. The quantitative estimate of drug-likeness (QED) is 0.651. The number of sulfonamides is 1. The molecule has 29 heavy (non-hydrogen) atoms. The molecule has 1 aromatic heterocycles. The highest BCUT2D eigenvalue weighted by Gasteiger charge is 2.25. The Labute approximate surface area is 172 Å². The summed E-state index contributed by atoms with van der Waals surface area (Å²) in [4.78, 5) is 4.10. The summed E-state index contributed by atoms with van der Waals surface area (Å²) in [7, 11) is -3.76. The van der Waals surface area contributed by atoms with Crippen LogP contribution in [0.3, 0.4) is 0 Å². The maximum absolute atomic E-state index is 13.3. The predicted octanol–water partition coefficient (Wildman–Crippen LogP) is 4.48. The summed E-state index contributed by atoms with van der Waals surface area (Å²) in [6.45, 7) is 6.79. The third-order valence-corrected chi connectivity index (χ3v) is 6.50. The summed E-state index contributed by atoms with van der Waals surface area (Å²) in [5.41, 5.74) is 2.83. The molecule has 2 aromatic carbocycles. The monoisotopic (exact) mass is 410 g/mol. The van der Waals surface area contributed by atoms with Gasteiger partial charge in [0.15, 0.2) is 0 Å². The lowest BCUT2D eigenvalue weighted by molar-refractivity contribution is 0.399. The summed E-state index contributed by atoms with van der Waals surface area (Å²) in [6, 6.07) is 17.8. The first-order valence-electron chi connectivity index (χ1n) is 9.44. The molecule has 0 aliphatic rings. The number of pyridine rings is 1. The van der Waals surface area contributed by atoms with Crippen molar-refractivity contribution in [1.29, 1.82) is 0 Å². The van der Waals surface area contributed by atoms with E-state index in [0.717, 1.165) is 5.56 Å². The van der Waals surface area contributed by atoms with E-state index in [2.05, 4.69) is 25.8 Å². The number of hydrogen-bond acceptors (Lipinski definition) is 4. The number of aromatic nitrogens is 1. The molecule has 1 N–H and O–H groups in total. The number of rotatable bonds is 6. The molecule has 0 bridgehead atoms. The molecule has 152 valence electrons. The van der Waals surface area contributed by atoms with Gasteiger partial charge in [-0.15, -0.1) is 0 Å². The first-order valence-corrected chi connectivity index (χ1v) is 10.9. The van der Waals surface area contributed by atoms with E-state index >= 15 is 0 Å². The van der Waals surface area contributed by atoms with Crippen LogP contribution < -0.4 is 0 Å². The van der Waals surface area contributed by atoms with Gasteiger partial charge in [0.2, 0.25) is 10.0 Å². The summed E-state index contributed by atoms with van der Waals surface area (Å²) in [5.74, 6) is 0.107. The summed E-state index contributed by atoms with van der Waals surface area (Å²) in [5, 5.41) is 9.76. The van der Waals surface area contributed by atoms with Crippen LogP contribution in [-0.2, 0) is 28.5 Å². The van der Waals surface area contributed by atoms with Crippen molar-refractivity contribution in [3.8, 4) is 5.75 Å². The van der Waals surface area contributed by atoms with Gasteiger partial charge in [-0.25, -0.2) is 8.42 Å². The van der Waals surface area contributed by atoms with E-state index in [9.17, 15) is 13.5 Å². The SMILES string of the molecule is CC(C)(C)c1ccc(CN(Cc2cccc(O)c2)S(=O)(=O)c2cccnc2)cc1. The zero-order valence-electron chi connectivity index (χ0n) is 16.9. The predicted molar refractivity (Wildman–Crippen MR) is 114 cm³/mol. The molecule has 3 rings (SSSR count). The molecule has 6 heteroatoms. The average molecular weight is 411 g/mol.